The second kappa shape index (κ2) is 7.89. The maximum Gasteiger partial charge on any atom is 0.308 e. The van der Waals surface area contributed by atoms with Crippen LogP contribution in [0.15, 0.2) is 22.7 Å². The van der Waals surface area contributed by atoms with E-state index in [2.05, 4.69) is 21.2 Å². The van der Waals surface area contributed by atoms with Crippen LogP contribution in [0.4, 0.5) is 0 Å². The molecular formula is C14H18BrNO4. The number of methoxy groups -OCH3 is 1. The van der Waals surface area contributed by atoms with Crippen LogP contribution in [-0.2, 0) is 4.79 Å². The van der Waals surface area contributed by atoms with Crippen molar-refractivity contribution in [2.45, 2.75) is 19.8 Å². The minimum atomic E-state index is -0.886. The second-order valence-electron chi connectivity index (χ2n) is 4.38. The van der Waals surface area contributed by atoms with Crippen LogP contribution in [0.2, 0.25) is 0 Å². The van der Waals surface area contributed by atoms with E-state index in [1.807, 2.05) is 6.92 Å². The van der Waals surface area contributed by atoms with Gasteiger partial charge in [0.1, 0.15) is 5.75 Å². The molecule has 0 heterocycles. The van der Waals surface area contributed by atoms with Gasteiger partial charge in [-0.25, -0.2) is 0 Å². The summed E-state index contributed by atoms with van der Waals surface area (Å²) in [5.74, 6) is -1.10. The Bertz CT molecular complexity index is 490. The van der Waals surface area contributed by atoms with Crippen LogP contribution in [0.1, 0.15) is 30.1 Å². The van der Waals surface area contributed by atoms with Crippen molar-refractivity contribution in [2.24, 2.45) is 5.92 Å². The molecule has 5 nitrogen and oxygen atoms in total. The molecule has 1 amide bonds. The number of benzene rings is 1. The number of carboxylic acids is 1. The molecule has 1 rings (SSSR count). The zero-order valence-electron chi connectivity index (χ0n) is 11.5. The Labute approximate surface area is 126 Å². The molecule has 0 spiro atoms. The van der Waals surface area contributed by atoms with Gasteiger partial charge in [0.25, 0.3) is 5.91 Å². The van der Waals surface area contributed by atoms with E-state index >= 15 is 0 Å². The molecule has 0 bridgehead atoms. The van der Waals surface area contributed by atoms with Crippen molar-refractivity contribution in [3.63, 3.8) is 0 Å². The van der Waals surface area contributed by atoms with E-state index in [0.29, 0.717) is 22.2 Å². The van der Waals surface area contributed by atoms with Crippen LogP contribution >= 0.6 is 15.9 Å². The Morgan fingerprint density at radius 2 is 2.15 bits per heavy atom. The average molecular weight is 344 g/mol. The lowest BCUT2D eigenvalue weighted by Gasteiger charge is -2.12. The number of hydrogen-bond donors (Lipinski definition) is 2. The quantitative estimate of drug-likeness (QED) is 0.797. The van der Waals surface area contributed by atoms with Crippen molar-refractivity contribution in [1.29, 1.82) is 0 Å². The second-order valence-corrected chi connectivity index (χ2v) is 5.24. The SMILES string of the molecule is CCCC(CNC(=O)c1ccc(OC)c(Br)c1)C(=O)O. The van der Waals surface area contributed by atoms with Crippen molar-refractivity contribution in [1.82, 2.24) is 5.32 Å². The lowest BCUT2D eigenvalue weighted by Crippen LogP contribution is -2.32. The maximum atomic E-state index is 12.0. The normalized spacial score (nSPS) is 11.8. The summed E-state index contributed by atoms with van der Waals surface area (Å²) in [6.07, 6.45) is 1.31. The number of carboxylic acid groups (broad SMARTS) is 1. The van der Waals surface area contributed by atoms with Crippen LogP contribution in [0, 0.1) is 5.92 Å². The summed E-state index contributed by atoms with van der Waals surface area (Å²) in [5, 5.41) is 11.7. The fourth-order valence-corrected chi connectivity index (χ4v) is 2.33. The third-order valence-electron chi connectivity index (χ3n) is 2.91. The van der Waals surface area contributed by atoms with Gasteiger partial charge in [-0.05, 0) is 40.5 Å². The number of carbonyl (C=O) groups is 2. The molecule has 0 radical (unpaired) electrons. The predicted molar refractivity (Wildman–Crippen MR) is 79.1 cm³/mol. The minimum Gasteiger partial charge on any atom is -0.496 e. The van der Waals surface area contributed by atoms with Crippen LogP contribution in [0.3, 0.4) is 0 Å². The van der Waals surface area contributed by atoms with E-state index in [0.717, 1.165) is 6.42 Å². The van der Waals surface area contributed by atoms with Crippen molar-refractivity contribution >= 4 is 27.8 Å². The number of rotatable bonds is 7. The number of amides is 1. The van der Waals surface area contributed by atoms with Gasteiger partial charge in [0, 0.05) is 12.1 Å². The van der Waals surface area contributed by atoms with Gasteiger partial charge >= 0.3 is 5.97 Å². The highest BCUT2D eigenvalue weighted by atomic mass is 79.9. The van der Waals surface area contributed by atoms with E-state index in [9.17, 15) is 9.59 Å². The Morgan fingerprint density at radius 1 is 1.45 bits per heavy atom. The van der Waals surface area contributed by atoms with E-state index in [1.54, 1.807) is 25.3 Å². The monoisotopic (exact) mass is 343 g/mol. The maximum absolute atomic E-state index is 12.0. The predicted octanol–water partition coefficient (Wildman–Crippen LogP) is 2.69. The standard InChI is InChI=1S/C14H18BrNO4/c1-3-4-10(14(18)19)8-16-13(17)9-5-6-12(20-2)11(15)7-9/h5-7,10H,3-4,8H2,1-2H3,(H,16,17)(H,18,19). The number of carbonyl (C=O) groups excluding carboxylic acids is 1. The molecule has 1 aromatic carbocycles. The van der Waals surface area contributed by atoms with Gasteiger partial charge in [-0.3, -0.25) is 9.59 Å². The smallest absolute Gasteiger partial charge is 0.308 e. The molecule has 1 atom stereocenters. The highest BCUT2D eigenvalue weighted by Gasteiger charge is 2.18. The number of hydrogen-bond acceptors (Lipinski definition) is 3. The molecule has 110 valence electrons. The molecule has 0 aliphatic rings. The molecule has 0 aliphatic carbocycles. The van der Waals surface area contributed by atoms with Crippen LogP contribution in [0.25, 0.3) is 0 Å². The fraction of sp³-hybridized carbons (Fsp3) is 0.429. The summed E-state index contributed by atoms with van der Waals surface area (Å²) in [5.41, 5.74) is 0.457. The lowest BCUT2D eigenvalue weighted by molar-refractivity contribution is -0.141. The summed E-state index contributed by atoms with van der Waals surface area (Å²) >= 11 is 3.30. The first-order chi connectivity index (χ1) is 9.49. The van der Waals surface area contributed by atoms with E-state index < -0.39 is 11.9 Å². The molecule has 0 aliphatic heterocycles. The summed E-state index contributed by atoms with van der Waals surface area (Å²) in [6, 6.07) is 4.96. The molecule has 1 aromatic rings. The van der Waals surface area contributed by atoms with Crippen molar-refractivity contribution < 1.29 is 19.4 Å². The lowest BCUT2D eigenvalue weighted by atomic mass is 10.0. The van der Waals surface area contributed by atoms with Crippen LogP contribution in [0.5, 0.6) is 5.75 Å². The molecule has 0 fully saturated rings. The molecule has 0 aromatic heterocycles. The number of ether oxygens (including phenoxy) is 1. The number of nitrogens with one attached hydrogen (secondary N) is 1. The summed E-state index contributed by atoms with van der Waals surface area (Å²) in [4.78, 5) is 23.0. The van der Waals surface area contributed by atoms with E-state index in [4.69, 9.17) is 9.84 Å². The number of aliphatic carboxylic acids is 1. The fourth-order valence-electron chi connectivity index (χ4n) is 1.79. The van der Waals surface area contributed by atoms with E-state index in [1.165, 1.54) is 0 Å². The molecule has 0 saturated carbocycles. The molecule has 6 heteroatoms. The average Bonchev–Trinajstić information content (AvgIpc) is 2.42. The van der Waals surface area contributed by atoms with Gasteiger partial charge < -0.3 is 15.2 Å². The highest BCUT2D eigenvalue weighted by molar-refractivity contribution is 9.10. The topological polar surface area (TPSA) is 75.6 Å². The molecule has 1 unspecified atom stereocenters. The third kappa shape index (κ3) is 4.52. The first kappa shape index (κ1) is 16.5. The van der Waals surface area contributed by atoms with Gasteiger partial charge in [-0.1, -0.05) is 13.3 Å². The van der Waals surface area contributed by atoms with E-state index in [-0.39, 0.29) is 12.5 Å². The summed E-state index contributed by atoms with van der Waals surface area (Å²) in [7, 11) is 1.54. The van der Waals surface area contributed by atoms with Gasteiger partial charge in [0.05, 0.1) is 17.5 Å². The minimum absolute atomic E-state index is 0.131. The zero-order valence-corrected chi connectivity index (χ0v) is 13.1. The van der Waals surface area contributed by atoms with Crippen molar-refractivity contribution in [3.8, 4) is 5.75 Å². The Balaban J connectivity index is 2.66. The largest absolute Gasteiger partial charge is 0.496 e. The number of halogens is 1. The molecule has 20 heavy (non-hydrogen) atoms. The summed E-state index contributed by atoms with van der Waals surface area (Å²) < 4.78 is 5.76. The van der Waals surface area contributed by atoms with Crippen molar-refractivity contribution in [2.75, 3.05) is 13.7 Å². The van der Waals surface area contributed by atoms with Gasteiger partial charge in [0.15, 0.2) is 0 Å². The summed E-state index contributed by atoms with van der Waals surface area (Å²) in [6.45, 7) is 2.05. The molecule has 2 N–H and O–H groups in total. The van der Waals surface area contributed by atoms with Crippen molar-refractivity contribution in [3.05, 3.63) is 28.2 Å². The first-order valence-corrected chi connectivity index (χ1v) is 7.13. The molecule has 0 saturated heterocycles. The van der Waals surface area contributed by atoms with Crippen LogP contribution in [-0.4, -0.2) is 30.6 Å². The Morgan fingerprint density at radius 3 is 2.65 bits per heavy atom. The van der Waals surface area contributed by atoms with Gasteiger partial charge in [-0.2, -0.15) is 0 Å². The first-order valence-electron chi connectivity index (χ1n) is 6.34. The zero-order chi connectivity index (χ0) is 15.1. The van der Waals surface area contributed by atoms with Gasteiger partial charge in [0.2, 0.25) is 0 Å². The third-order valence-corrected chi connectivity index (χ3v) is 3.53. The Hall–Kier alpha value is -1.56. The van der Waals surface area contributed by atoms with Gasteiger partial charge in [-0.15, -0.1) is 0 Å². The Kier molecular flexibility index (Phi) is 6.51. The molecular weight excluding hydrogens is 326 g/mol. The van der Waals surface area contributed by atoms with Crippen LogP contribution < -0.4 is 10.1 Å². The highest BCUT2D eigenvalue weighted by Crippen LogP contribution is 2.25.